The van der Waals surface area contributed by atoms with Gasteiger partial charge in [-0.2, -0.15) is 5.10 Å². The first-order valence-corrected chi connectivity index (χ1v) is 13.7. The molecule has 1 fully saturated rings. The smallest absolute Gasteiger partial charge is 0.276 e. The van der Waals surface area contributed by atoms with Crippen LogP contribution in [0.1, 0.15) is 61.7 Å². The number of nitrogens with one attached hydrogen (secondary N) is 2. The van der Waals surface area contributed by atoms with Crippen molar-refractivity contribution in [2.75, 3.05) is 19.6 Å². The van der Waals surface area contributed by atoms with Crippen molar-refractivity contribution >= 4 is 39.7 Å². The Balaban J connectivity index is 1.03. The third kappa shape index (κ3) is 4.87. The van der Waals surface area contributed by atoms with E-state index >= 15 is 0 Å². The van der Waals surface area contributed by atoms with E-state index in [9.17, 15) is 14.0 Å². The molecule has 12 heteroatoms. The van der Waals surface area contributed by atoms with Crippen LogP contribution in [0.4, 0.5) is 4.39 Å². The SMILES string of the molecule is Cc1cc2nnc(C(=O)N3CCC(c4nc(C(=O)NCCc5c[nH]c6ccc(F)cc56)cs4)CC3)c(C)n2n1. The summed E-state index contributed by atoms with van der Waals surface area (Å²) in [6.45, 7) is 5.28. The second-order valence-corrected chi connectivity index (χ2v) is 10.7. The van der Waals surface area contributed by atoms with Crippen LogP contribution in [-0.2, 0) is 6.42 Å². The summed E-state index contributed by atoms with van der Waals surface area (Å²) in [5.41, 5.74) is 4.64. The fourth-order valence-electron chi connectivity index (χ4n) is 5.09. The molecule has 0 saturated carbocycles. The van der Waals surface area contributed by atoms with Crippen LogP contribution in [0.3, 0.4) is 0 Å². The lowest BCUT2D eigenvalue weighted by Gasteiger charge is -2.31. The standard InChI is InChI=1S/C27H27FN8O2S/c1-15-11-23-32-33-24(16(2)36(23)34-15)27(38)35-9-6-17(7-10-35)26-31-22(14-39-26)25(37)29-8-5-18-13-30-21-4-3-19(28)12-20(18)21/h3-4,11-14,17,30H,5-10H2,1-2H3,(H,29,37). The van der Waals surface area contributed by atoms with E-state index in [0.29, 0.717) is 48.8 Å². The maximum Gasteiger partial charge on any atom is 0.276 e. The van der Waals surface area contributed by atoms with Crippen molar-refractivity contribution in [2.24, 2.45) is 0 Å². The maximum absolute atomic E-state index is 13.6. The number of hydrogen-bond acceptors (Lipinski definition) is 7. The van der Waals surface area contributed by atoms with Crippen molar-refractivity contribution in [2.45, 2.75) is 39.0 Å². The molecule has 4 aromatic heterocycles. The number of hydrogen-bond donors (Lipinski definition) is 2. The molecule has 0 bridgehead atoms. The molecule has 1 aliphatic rings. The van der Waals surface area contributed by atoms with Crippen LogP contribution >= 0.6 is 11.3 Å². The summed E-state index contributed by atoms with van der Waals surface area (Å²) in [4.78, 5) is 35.4. The number of nitrogens with zero attached hydrogens (tertiary/aromatic N) is 6. The number of likely N-dealkylation sites (tertiary alicyclic amines) is 1. The minimum absolute atomic E-state index is 0.148. The van der Waals surface area contributed by atoms with E-state index < -0.39 is 0 Å². The van der Waals surface area contributed by atoms with Gasteiger partial charge in [-0.15, -0.1) is 21.5 Å². The number of piperidine rings is 1. The fourth-order valence-corrected chi connectivity index (χ4v) is 6.06. The number of benzene rings is 1. The molecule has 2 N–H and O–H groups in total. The highest BCUT2D eigenvalue weighted by atomic mass is 32.1. The molecule has 200 valence electrons. The Morgan fingerprint density at radius 3 is 2.82 bits per heavy atom. The zero-order valence-electron chi connectivity index (χ0n) is 21.6. The predicted molar refractivity (Wildman–Crippen MR) is 145 cm³/mol. The van der Waals surface area contributed by atoms with Gasteiger partial charge < -0.3 is 15.2 Å². The predicted octanol–water partition coefficient (Wildman–Crippen LogP) is 3.81. The van der Waals surface area contributed by atoms with E-state index in [1.165, 1.54) is 23.5 Å². The average Bonchev–Trinajstić information content (AvgIpc) is 3.67. The van der Waals surface area contributed by atoms with Crippen molar-refractivity contribution in [3.63, 3.8) is 0 Å². The van der Waals surface area contributed by atoms with Gasteiger partial charge in [0.2, 0.25) is 0 Å². The molecule has 1 aliphatic heterocycles. The first kappa shape index (κ1) is 25.1. The third-order valence-electron chi connectivity index (χ3n) is 7.22. The van der Waals surface area contributed by atoms with Crippen LogP contribution in [0.15, 0.2) is 35.8 Å². The molecule has 5 heterocycles. The van der Waals surface area contributed by atoms with E-state index in [0.717, 1.165) is 40.0 Å². The highest BCUT2D eigenvalue weighted by Crippen LogP contribution is 2.31. The Hall–Kier alpha value is -4.19. The summed E-state index contributed by atoms with van der Waals surface area (Å²) < 4.78 is 15.3. The van der Waals surface area contributed by atoms with E-state index in [1.54, 1.807) is 20.9 Å². The molecule has 0 atom stereocenters. The number of halogens is 1. The van der Waals surface area contributed by atoms with Crippen LogP contribution in [0.2, 0.25) is 0 Å². The molecular formula is C27H27FN8O2S. The van der Waals surface area contributed by atoms with Crippen LogP contribution in [-0.4, -0.2) is 66.1 Å². The van der Waals surface area contributed by atoms with Crippen LogP contribution in [0.5, 0.6) is 0 Å². The Labute approximate surface area is 227 Å². The monoisotopic (exact) mass is 546 g/mol. The van der Waals surface area contributed by atoms with Gasteiger partial charge in [0.25, 0.3) is 11.8 Å². The molecule has 0 spiro atoms. The number of rotatable bonds is 6. The van der Waals surface area contributed by atoms with Crippen LogP contribution in [0, 0.1) is 19.7 Å². The number of aromatic amines is 1. The molecule has 1 aromatic carbocycles. The Morgan fingerprint density at radius 1 is 1.18 bits per heavy atom. The Kier molecular flexibility index (Phi) is 6.55. The summed E-state index contributed by atoms with van der Waals surface area (Å²) in [6, 6.07) is 6.46. The van der Waals surface area contributed by atoms with Gasteiger partial charge in [-0.05, 0) is 56.9 Å². The van der Waals surface area contributed by atoms with E-state index in [-0.39, 0.29) is 23.5 Å². The highest BCUT2D eigenvalue weighted by molar-refractivity contribution is 7.09. The minimum Gasteiger partial charge on any atom is -0.361 e. The molecule has 0 aliphatic carbocycles. The molecule has 0 radical (unpaired) electrons. The van der Waals surface area contributed by atoms with Gasteiger partial charge >= 0.3 is 0 Å². The third-order valence-corrected chi connectivity index (χ3v) is 8.23. The number of fused-ring (bicyclic) bond motifs is 2. The first-order valence-electron chi connectivity index (χ1n) is 12.9. The number of carbonyl (C=O) groups is 2. The number of aryl methyl sites for hydroxylation is 2. The number of aromatic nitrogens is 6. The number of amides is 2. The minimum atomic E-state index is -0.285. The van der Waals surface area contributed by atoms with Crippen molar-refractivity contribution < 1.29 is 14.0 Å². The van der Waals surface area contributed by atoms with Gasteiger partial charge in [-0.25, -0.2) is 13.9 Å². The van der Waals surface area contributed by atoms with Crippen molar-refractivity contribution in [1.29, 1.82) is 0 Å². The van der Waals surface area contributed by atoms with Crippen molar-refractivity contribution in [3.05, 3.63) is 75.0 Å². The topological polar surface area (TPSA) is 121 Å². The molecule has 2 amide bonds. The lowest BCUT2D eigenvalue weighted by Crippen LogP contribution is -2.39. The van der Waals surface area contributed by atoms with Crippen molar-refractivity contribution in [3.8, 4) is 0 Å². The van der Waals surface area contributed by atoms with Gasteiger partial charge in [-0.1, -0.05) is 0 Å². The van der Waals surface area contributed by atoms with Crippen molar-refractivity contribution in [1.82, 2.24) is 40.0 Å². The van der Waals surface area contributed by atoms with Gasteiger partial charge in [-0.3, -0.25) is 9.59 Å². The van der Waals surface area contributed by atoms with E-state index in [2.05, 4.69) is 30.6 Å². The maximum atomic E-state index is 13.6. The first-order chi connectivity index (χ1) is 18.9. The number of H-pyrrole nitrogens is 1. The Bertz CT molecular complexity index is 1700. The van der Waals surface area contributed by atoms with Crippen LogP contribution in [0.25, 0.3) is 16.6 Å². The molecule has 1 saturated heterocycles. The lowest BCUT2D eigenvalue weighted by molar-refractivity contribution is 0.0704. The zero-order valence-corrected chi connectivity index (χ0v) is 22.4. The van der Waals surface area contributed by atoms with Gasteiger partial charge in [0, 0.05) is 54.1 Å². The summed E-state index contributed by atoms with van der Waals surface area (Å²) in [5.74, 6) is -0.475. The van der Waals surface area contributed by atoms with Gasteiger partial charge in [0.15, 0.2) is 11.3 Å². The van der Waals surface area contributed by atoms with Crippen LogP contribution < -0.4 is 5.32 Å². The molecule has 10 nitrogen and oxygen atoms in total. The van der Waals surface area contributed by atoms with Gasteiger partial charge in [0.05, 0.1) is 16.4 Å². The number of carbonyl (C=O) groups excluding carboxylic acids is 2. The summed E-state index contributed by atoms with van der Waals surface area (Å²) in [7, 11) is 0. The fraction of sp³-hybridized carbons (Fsp3) is 0.333. The second kappa shape index (κ2) is 10.2. The average molecular weight is 547 g/mol. The highest BCUT2D eigenvalue weighted by Gasteiger charge is 2.29. The largest absolute Gasteiger partial charge is 0.361 e. The van der Waals surface area contributed by atoms with E-state index in [4.69, 9.17) is 0 Å². The molecule has 6 rings (SSSR count). The lowest BCUT2D eigenvalue weighted by atomic mass is 9.97. The van der Waals surface area contributed by atoms with Gasteiger partial charge in [0.1, 0.15) is 11.5 Å². The molecular weight excluding hydrogens is 519 g/mol. The Morgan fingerprint density at radius 2 is 2.00 bits per heavy atom. The van der Waals surface area contributed by atoms with E-state index in [1.807, 2.05) is 26.1 Å². The quantitative estimate of drug-likeness (QED) is 0.334. The zero-order chi connectivity index (χ0) is 27.1. The summed E-state index contributed by atoms with van der Waals surface area (Å²) in [6.07, 6.45) is 3.94. The number of thiazole rings is 1. The second-order valence-electron chi connectivity index (χ2n) is 9.84. The molecule has 0 unspecified atom stereocenters. The summed E-state index contributed by atoms with van der Waals surface area (Å²) in [5, 5.41) is 19.2. The molecule has 39 heavy (non-hydrogen) atoms. The molecule has 5 aromatic rings. The summed E-state index contributed by atoms with van der Waals surface area (Å²) >= 11 is 1.48. The normalized spacial score (nSPS) is 14.4.